The highest BCUT2D eigenvalue weighted by Crippen LogP contribution is 2.21. The Labute approximate surface area is 98.2 Å². The van der Waals surface area contributed by atoms with E-state index in [1.165, 1.54) is 0 Å². The molecule has 2 atom stereocenters. The van der Waals surface area contributed by atoms with Gasteiger partial charge in [-0.15, -0.1) is 0 Å². The van der Waals surface area contributed by atoms with Crippen LogP contribution in [0.2, 0.25) is 0 Å². The van der Waals surface area contributed by atoms with Gasteiger partial charge in [-0.05, 0) is 31.0 Å². The maximum atomic E-state index is 13.0. The molecule has 1 aliphatic heterocycles. The molecule has 2 nitrogen and oxygen atoms in total. The van der Waals surface area contributed by atoms with Crippen molar-refractivity contribution in [2.24, 2.45) is 5.73 Å². The van der Waals surface area contributed by atoms with Crippen molar-refractivity contribution in [3.05, 3.63) is 35.1 Å². The minimum absolute atomic E-state index is 0.0881. The Morgan fingerprint density at radius 3 is 2.35 bits per heavy atom. The number of hydrogen-bond acceptors (Lipinski definition) is 2. The largest absolute Gasteiger partial charge is 0.326 e. The number of nitrogens with zero attached hydrogens (tertiary/aromatic N) is 1. The highest BCUT2D eigenvalue weighted by molar-refractivity contribution is 5.19. The molecule has 0 spiro atoms. The van der Waals surface area contributed by atoms with Gasteiger partial charge in [-0.1, -0.05) is 0 Å². The van der Waals surface area contributed by atoms with Gasteiger partial charge in [-0.25, -0.2) is 13.2 Å². The van der Waals surface area contributed by atoms with E-state index in [9.17, 15) is 13.2 Å². The quantitative estimate of drug-likeness (QED) is 0.806. The fraction of sp³-hybridized carbons (Fsp3) is 0.500. The molecule has 0 radical (unpaired) electrons. The topological polar surface area (TPSA) is 29.3 Å². The van der Waals surface area contributed by atoms with Crippen LogP contribution in [0.4, 0.5) is 13.2 Å². The van der Waals surface area contributed by atoms with Crippen LogP contribution in [0.1, 0.15) is 18.9 Å². The Hall–Kier alpha value is -1.07. The summed E-state index contributed by atoms with van der Waals surface area (Å²) in [6.45, 7) is 3.17. The van der Waals surface area contributed by atoms with E-state index in [0.717, 1.165) is 25.1 Å². The van der Waals surface area contributed by atoms with Gasteiger partial charge >= 0.3 is 0 Å². The third kappa shape index (κ3) is 2.45. The van der Waals surface area contributed by atoms with Crippen molar-refractivity contribution in [3.8, 4) is 0 Å². The Morgan fingerprint density at radius 1 is 1.29 bits per heavy atom. The molecule has 0 saturated carbocycles. The van der Waals surface area contributed by atoms with Crippen molar-refractivity contribution in [2.45, 2.75) is 32.0 Å². The molecule has 0 bridgehead atoms. The predicted octanol–water partition coefficient (Wildman–Crippen LogP) is 2.03. The average Bonchev–Trinajstić information content (AvgIpc) is 2.58. The van der Waals surface area contributed by atoms with Gasteiger partial charge in [0, 0.05) is 25.2 Å². The SMILES string of the molecule is CC1C(N)CCN1Cc1cc(F)c(F)c(F)c1. The molecule has 17 heavy (non-hydrogen) atoms. The zero-order chi connectivity index (χ0) is 12.6. The minimum atomic E-state index is -1.42. The Morgan fingerprint density at radius 2 is 1.88 bits per heavy atom. The molecule has 1 aliphatic rings. The number of halogens is 3. The molecule has 1 aromatic rings. The molecule has 1 heterocycles. The molecule has 2 rings (SSSR count). The molecule has 2 unspecified atom stereocenters. The molecule has 1 fully saturated rings. The molecule has 1 aromatic carbocycles. The zero-order valence-corrected chi connectivity index (χ0v) is 9.59. The van der Waals surface area contributed by atoms with Crippen molar-refractivity contribution in [1.29, 1.82) is 0 Å². The lowest BCUT2D eigenvalue weighted by molar-refractivity contribution is 0.250. The molecule has 0 amide bonds. The fourth-order valence-electron chi connectivity index (χ4n) is 2.19. The lowest BCUT2D eigenvalue weighted by atomic mass is 10.1. The lowest BCUT2D eigenvalue weighted by Gasteiger charge is -2.22. The van der Waals surface area contributed by atoms with Crippen LogP contribution in [0, 0.1) is 17.5 Å². The zero-order valence-electron chi connectivity index (χ0n) is 9.59. The van der Waals surface area contributed by atoms with Crippen molar-refractivity contribution in [1.82, 2.24) is 4.90 Å². The summed E-state index contributed by atoms with van der Waals surface area (Å²) in [4.78, 5) is 2.04. The summed E-state index contributed by atoms with van der Waals surface area (Å²) < 4.78 is 38.8. The van der Waals surface area contributed by atoms with Crippen molar-refractivity contribution < 1.29 is 13.2 Å². The predicted molar refractivity (Wildman–Crippen MR) is 58.8 cm³/mol. The minimum Gasteiger partial charge on any atom is -0.326 e. The summed E-state index contributed by atoms with van der Waals surface area (Å²) in [5.74, 6) is -3.70. The molecule has 1 saturated heterocycles. The van der Waals surface area contributed by atoms with Gasteiger partial charge < -0.3 is 5.73 Å². The monoisotopic (exact) mass is 244 g/mol. The summed E-state index contributed by atoms with van der Waals surface area (Å²) in [7, 11) is 0. The van der Waals surface area contributed by atoms with E-state index in [-0.39, 0.29) is 12.1 Å². The first kappa shape index (κ1) is 12.4. The number of likely N-dealkylation sites (tertiary alicyclic amines) is 1. The van der Waals surface area contributed by atoms with Crippen LogP contribution < -0.4 is 5.73 Å². The third-order valence-electron chi connectivity index (χ3n) is 3.37. The van der Waals surface area contributed by atoms with Gasteiger partial charge in [-0.3, -0.25) is 4.90 Å². The second kappa shape index (κ2) is 4.66. The van der Waals surface area contributed by atoms with Crippen molar-refractivity contribution in [3.63, 3.8) is 0 Å². The number of hydrogen-bond donors (Lipinski definition) is 1. The van der Waals surface area contributed by atoms with Crippen LogP contribution in [-0.2, 0) is 6.54 Å². The maximum absolute atomic E-state index is 13.0. The van der Waals surface area contributed by atoms with Crippen molar-refractivity contribution in [2.75, 3.05) is 6.54 Å². The van der Waals surface area contributed by atoms with Gasteiger partial charge in [0.1, 0.15) is 0 Å². The standard InChI is InChI=1S/C12H15F3N2/c1-7-11(16)2-3-17(7)6-8-4-9(13)12(15)10(14)5-8/h4-5,7,11H,2-3,6,16H2,1H3. The van der Waals surface area contributed by atoms with E-state index in [1.54, 1.807) is 0 Å². The molecule has 2 N–H and O–H groups in total. The highest BCUT2D eigenvalue weighted by atomic mass is 19.2. The van der Waals surface area contributed by atoms with E-state index >= 15 is 0 Å². The smallest absolute Gasteiger partial charge is 0.194 e. The molecule has 5 heteroatoms. The van der Waals surface area contributed by atoms with Gasteiger partial charge in [0.15, 0.2) is 17.5 Å². The second-order valence-electron chi connectivity index (χ2n) is 4.54. The number of nitrogens with two attached hydrogens (primary N) is 1. The van der Waals surface area contributed by atoms with E-state index in [2.05, 4.69) is 0 Å². The van der Waals surface area contributed by atoms with Gasteiger partial charge in [-0.2, -0.15) is 0 Å². The second-order valence-corrected chi connectivity index (χ2v) is 4.54. The lowest BCUT2D eigenvalue weighted by Crippen LogP contribution is -2.36. The van der Waals surface area contributed by atoms with E-state index in [4.69, 9.17) is 5.73 Å². The third-order valence-corrected chi connectivity index (χ3v) is 3.37. The van der Waals surface area contributed by atoms with Crippen LogP contribution in [0.15, 0.2) is 12.1 Å². The molecular weight excluding hydrogens is 229 g/mol. The summed E-state index contributed by atoms with van der Waals surface area (Å²) in [5.41, 5.74) is 6.29. The van der Waals surface area contributed by atoms with E-state index in [1.807, 2.05) is 11.8 Å². The summed E-state index contributed by atoms with van der Waals surface area (Å²) in [6, 6.07) is 2.33. The Balaban J connectivity index is 2.14. The first-order valence-corrected chi connectivity index (χ1v) is 5.62. The van der Waals surface area contributed by atoms with Crippen LogP contribution in [0.3, 0.4) is 0 Å². The van der Waals surface area contributed by atoms with Crippen molar-refractivity contribution >= 4 is 0 Å². The van der Waals surface area contributed by atoms with Crippen LogP contribution in [0.25, 0.3) is 0 Å². The summed E-state index contributed by atoms with van der Waals surface area (Å²) in [6.07, 6.45) is 0.868. The first-order valence-electron chi connectivity index (χ1n) is 5.62. The average molecular weight is 244 g/mol. The highest BCUT2D eigenvalue weighted by Gasteiger charge is 2.27. The number of benzene rings is 1. The molecule has 0 aromatic heterocycles. The first-order chi connectivity index (χ1) is 7.99. The molecule has 94 valence electrons. The molecule has 0 aliphatic carbocycles. The van der Waals surface area contributed by atoms with E-state index in [0.29, 0.717) is 12.1 Å². The Bertz CT molecular complexity index is 399. The van der Waals surface area contributed by atoms with Gasteiger partial charge in [0.05, 0.1) is 0 Å². The summed E-state index contributed by atoms with van der Waals surface area (Å²) >= 11 is 0. The van der Waals surface area contributed by atoms with Crippen LogP contribution >= 0.6 is 0 Å². The van der Waals surface area contributed by atoms with Crippen LogP contribution in [0.5, 0.6) is 0 Å². The normalized spacial score (nSPS) is 25.5. The van der Waals surface area contributed by atoms with E-state index < -0.39 is 17.5 Å². The summed E-state index contributed by atoms with van der Waals surface area (Å²) in [5, 5.41) is 0. The van der Waals surface area contributed by atoms with Gasteiger partial charge in [0.25, 0.3) is 0 Å². The fourth-order valence-corrected chi connectivity index (χ4v) is 2.19. The van der Waals surface area contributed by atoms with Gasteiger partial charge in [0.2, 0.25) is 0 Å². The number of rotatable bonds is 2. The molecular formula is C12H15F3N2. The Kier molecular flexibility index (Phi) is 3.40. The maximum Gasteiger partial charge on any atom is 0.194 e. The van der Waals surface area contributed by atoms with Crippen LogP contribution in [-0.4, -0.2) is 23.5 Å².